The SMILES string of the molecule is Cc1cccc(C(O)c2ccc(C)c(F)c2F)c1. The Kier molecular flexibility index (Phi) is 3.43. The second-order valence-corrected chi connectivity index (χ2v) is 4.42. The van der Waals surface area contributed by atoms with E-state index in [4.69, 9.17) is 0 Å². The van der Waals surface area contributed by atoms with Crippen LogP contribution in [0.2, 0.25) is 0 Å². The molecule has 0 spiro atoms. The molecule has 0 aliphatic heterocycles. The number of aliphatic hydroxyl groups is 1. The van der Waals surface area contributed by atoms with Gasteiger partial charge in [-0.2, -0.15) is 0 Å². The molecule has 0 fully saturated rings. The van der Waals surface area contributed by atoms with Gasteiger partial charge in [-0.1, -0.05) is 42.0 Å². The van der Waals surface area contributed by atoms with Gasteiger partial charge in [-0.25, -0.2) is 8.78 Å². The lowest BCUT2D eigenvalue weighted by molar-refractivity contribution is 0.213. The van der Waals surface area contributed by atoms with Crippen LogP contribution in [0.15, 0.2) is 36.4 Å². The smallest absolute Gasteiger partial charge is 0.165 e. The summed E-state index contributed by atoms with van der Waals surface area (Å²) in [4.78, 5) is 0. The van der Waals surface area contributed by atoms with Crippen LogP contribution >= 0.6 is 0 Å². The van der Waals surface area contributed by atoms with E-state index in [1.807, 2.05) is 13.0 Å². The summed E-state index contributed by atoms with van der Waals surface area (Å²) < 4.78 is 27.2. The normalized spacial score (nSPS) is 12.5. The van der Waals surface area contributed by atoms with Crippen molar-refractivity contribution in [2.75, 3.05) is 0 Å². The number of aryl methyl sites for hydroxylation is 2. The molecular weight excluding hydrogens is 234 g/mol. The third kappa shape index (κ3) is 2.27. The van der Waals surface area contributed by atoms with E-state index < -0.39 is 17.7 Å². The molecule has 2 rings (SSSR count). The zero-order chi connectivity index (χ0) is 13.3. The standard InChI is InChI=1S/C15H14F2O/c1-9-4-3-5-11(8-9)15(18)12-7-6-10(2)13(16)14(12)17/h3-8,15,18H,1-2H3. The van der Waals surface area contributed by atoms with Crippen molar-refractivity contribution in [3.05, 3.63) is 70.3 Å². The summed E-state index contributed by atoms with van der Waals surface area (Å²) in [5.74, 6) is -1.89. The molecule has 1 N–H and O–H groups in total. The molecule has 1 atom stereocenters. The molecule has 94 valence electrons. The van der Waals surface area contributed by atoms with E-state index in [1.165, 1.54) is 19.1 Å². The molecule has 0 bridgehead atoms. The first kappa shape index (κ1) is 12.7. The third-order valence-electron chi connectivity index (χ3n) is 2.96. The molecule has 0 aliphatic carbocycles. The van der Waals surface area contributed by atoms with Crippen molar-refractivity contribution in [1.29, 1.82) is 0 Å². The van der Waals surface area contributed by atoms with Crippen molar-refractivity contribution < 1.29 is 13.9 Å². The first-order valence-electron chi connectivity index (χ1n) is 5.70. The first-order chi connectivity index (χ1) is 8.50. The molecule has 0 heterocycles. The van der Waals surface area contributed by atoms with Gasteiger partial charge < -0.3 is 5.11 Å². The second kappa shape index (κ2) is 4.86. The van der Waals surface area contributed by atoms with Crippen LogP contribution in [-0.2, 0) is 0 Å². The lowest BCUT2D eigenvalue weighted by Gasteiger charge is -2.14. The summed E-state index contributed by atoms with van der Waals surface area (Å²) in [5, 5.41) is 10.1. The molecule has 0 saturated heterocycles. The minimum absolute atomic E-state index is 0.0382. The summed E-state index contributed by atoms with van der Waals surface area (Å²) >= 11 is 0. The van der Waals surface area contributed by atoms with Gasteiger partial charge in [-0.15, -0.1) is 0 Å². The largest absolute Gasteiger partial charge is 0.384 e. The number of aliphatic hydroxyl groups excluding tert-OH is 1. The van der Waals surface area contributed by atoms with Crippen LogP contribution in [0.25, 0.3) is 0 Å². The number of hydrogen-bond acceptors (Lipinski definition) is 1. The van der Waals surface area contributed by atoms with Gasteiger partial charge in [-0.3, -0.25) is 0 Å². The van der Waals surface area contributed by atoms with Crippen LogP contribution in [0.1, 0.15) is 28.4 Å². The minimum Gasteiger partial charge on any atom is -0.384 e. The molecule has 0 radical (unpaired) electrons. The van der Waals surface area contributed by atoms with Crippen molar-refractivity contribution in [2.45, 2.75) is 20.0 Å². The van der Waals surface area contributed by atoms with Gasteiger partial charge >= 0.3 is 0 Å². The van der Waals surface area contributed by atoms with Gasteiger partial charge in [0.1, 0.15) is 6.10 Å². The highest BCUT2D eigenvalue weighted by atomic mass is 19.2. The highest BCUT2D eigenvalue weighted by Crippen LogP contribution is 2.27. The molecule has 2 aromatic carbocycles. The highest BCUT2D eigenvalue weighted by molar-refractivity contribution is 5.35. The lowest BCUT2D eigenvalue weighted by Crippen LogP contribution is -2.05. The number of rotatable bonds is 2. The van der Waals surface area contributed by atoms with Crippen molar-refractivity contribution in [3.8, 4) is 0 Å². The van der Waals surface area contributed by atoms with Crippen molar-refractivity contribution >= 4 is 0 Å². The molecule has 0 amide bonds. The van der Waals surface area contributed by atoms with Gasteiger partial charge in [-0.05, 0) is 25.0 Å². The summed E-state index contributed by atoms with van der Waals surface area (Å²) in [6, 6.07) is 9.98. The summed E-state index contributed by atoms with van der Waals surface area (Å²) in [6.07, 6.45) is -1.15. The zero-order valence-corrected chi connectivity index (χ0v) is 10.2. The Balaban J connectivity index is 2.46. The van der Waals surface area contributed by atoms with E-state index >= 15 is 0 Å². The number of benzene rings is 2. The molecule has 1 unspecified atom stereocenters. The maximum absolute atomic E-state index is 13.8. The Labute approximate surface area is 105 Å². The molecule has 18 heavy (non-hydrogen) atoms. The van der Waals surface area contributed by atoms with Crippen molar-refractivity contribution in [3.63, 3.8) is 0 Å². The minimum atomic E-state index is -1.15. The topological polar surface area (TPSA) is 20.2 Å². The quantitative estimate of drug-likeness (QED) is 0.859. The fourth-order valence-corrected chi connectivity index (χ4v) is 1.89. The van der Waals surface area contributed by atoms with E-state index in [1.54, 1.807) is 18.2 Å². The van der Waals surface area contributed by atoms with E-state index in [-0.39, 0.29) is 11.1 Å². The van der Waals surface area contributed by atoms with E-state index in [2.05, 4.69) is 0 Å². The van der Waals surface area contributed by atoms with Gasteiger partial charge in [0.25, 0.3) is 0 Å². The molecule has 3 heteroatoms. The third-order valence-corrected chi connectivity index (χ3v) is 2.96. The summed E-state index contributed by atoms with van der Waals surface area (Å²) in [5.41, 5.74) is 1.70. The molecule has 0 saturated carbocycles. The van der Waals surface area contributed by atoms with E-state index in [9.17, 15) is 13.9 Å². The van der Waals surface area contributed by atoms with Crippen LogP contribution in [0.3, 0.4) is 0 Å². The summed E-state index contributed by atoms with van der Waals surface area (Å²) in [7, 11) is 0. The predicted molar refractivity (Wildman–Crippen MR) is 66.3 cm³/mol. The second-order valence-electron chi connectivity index (χ2n) is 4.42. The lowest BCUT2D eigenvalue weighted by atomic mass is 9.98. The fourth-order valence-electron chi connectivity index (χ4n) is 1.89. The first-order valence-corrected chi connectivity index (χ1v) is 5.70. The van der Waals surface area contributed by atoms with Crippen LogP contribution in [0.4, 0.5) is 8.78 Å². The van der Waals surface area contributed by atoms with Crippen LogP contribution in [-0.4, -0.2) is 5.11 Å². The Morgan fingerprint density at radius 2 is 1.72 bits per heavy atom. The Bertz CT molecular complexity index is 579. The Hall–Kier alpha value is -1.74. The van der Waals surface area contributed by atoms with Gasteiger partial charge in [0.2, 0.25) is 0 Å². The van der Waals surface area contributed by atoms with E-state index in [0.717, 1.165) is 5.56 Å². The van der Waals surface area contributed by atoms with Gasteiger partial charge in [0.15, 0.2) is 11.6 Å². The zero-order valence-electron chi connectivity index (χ0n) is 10.2. The maximum atomic E-state index is 13.8. The van der Waals surface area contributed by atoms with Crippen LogP contribution in [0.5, 0.6) is 0 Å². The average Bonchev–Trinajstić information content (AvgIpc) is 2.35. The van der Waals surface area contributed by atoms with E-state index in [0.29, 0.717) is 5.56 Å². The predicted octanol–water partition coefficient (Wildman–Crippen LogP) is 3.66. The summed E-state index contributed by atoms with van der Waals surface area (Å²) in [6.45, 7) is 3.36. The Morgan fingerprint density at radius 1 is 1.00 bits per heavy atom. The van der Waals surface area contributed by atoms with Crippen molar-refractivity contribution in [2.24, 2.45) is 0 Å². The molecule has 1 nitrogen and oxygen atoms in total. The molecular formula is C15H14F2O. The molecule has 0 aliphatic rings. The monoisotopic (exact) mass is 248 g/mol. The van der Waals surface area contributed by atoms with Gasteiger partial charge in [0, 0.05) is 5.56 Å². The van der Waals surface area contributed by atoms with Crippen LogP contribution in [0, 0.1) is 25.5 Å². The molecule has 2 aromatic rings. The molecule has 0 aromatic heterocycles. The number of hydrogen-bond donors (Lipinski definition) is 1. The number of halogens is 2. The van der Waals surface area contributed by atoms with Gasteiger partial charge in [0.05, 0.1) is 0 Å². The van der Waals surface area contributed by atoms with Crippen LogP contribution < -0.4 is 0 Å². The fraction of sp³-hybridized carbons (Fsp3) is 0.200. The maximum Gasteiger partial charge on any atom is 0.165 e. The highest BCUT2D eigenvalue weighted by Gasteiger charge is 2.19. The van der Waals surface area contributed by atoms with Crippen molar-refractivity contribution in [1.82, 2.24) is 0 Å². The average molecular weight is 248 g/mol. The Morgan fingerprint density at radius 3 is 2.39 bits per heavy atom.